The van der Waals surface area contributed by atoms with Crippen molar-refractivity contribution in [3.05, 3.63) is 53.9 Å². The first-order valence-corrected chi connectivity index (χ1v) is 6.23. The Morgan fingerprint density at radius 2 is 1.84 bits per heavy atom. The van der Waals surface area contributed by atoms with E-state index in [9.17, 15) is 0 Å². The first kappa shape index (κ1) is 13.5. The van der Waals surface area contributed by atoms with Crippen LogP contribution in [0.15, 0.2) is 42.6 Å². The molecular formula is C14H14N2O2S. The van der Waals surface area contributed by atoms with Crippen molar-refractivity contribution in [1.82, 2.24) is 4.98 Å². The summed E-state index contributed by atoms with van der Waals surface area (Å²) in [5.74, 6) is 1.33. The fraction of sp³-hybridized carbons (Fsp3) is 0.143. The van der Waals surface area contributed by atoms with Crippen LogP contribution >= 0.6 is 12.2 Å². The third kappa shape index (κ3) is 3.74. The van der Waals surface area contributed by atoms with Crippen LogP contribution in [0.4, 0.5) is 0 Å². The van der Waals surface area contributed by atoms with Gasteiger partial charge in [0.15, 0.2) is 0 Å². The van der Waals surface area contributed by atoms with Crippen LogP contribution < -0.4 is 10.5 Å². The number of aromatic nitrogens is 1. The summed E-state index contributed by atoms with van der Waals surface area (Å²) in [6, 6.07) is 11.0. The van der Waals surface area contributed by atoms with E-state index in [0.717, 1.165) is 5.56 Å². The molecule has 0 radical (unpaired) electrons. The molecule has 0 aliphatic heterocycles. The summed E-state index contributed by atoms with van der Waals surface area (Å²) in [5.41, 5.74) is 7.11. The molecule has 2 aromatic rings. The van der Waals surface area contributed by atoms with E-state index in [1.807, 2.05) is 24.3 Å². The fourth-order valence-corrected chi connectivity index (χ4v) is 1.70. The number of ether oxygens (including phenoxy) is 1. The van der Waals surface area contributed by atoms with Crippen LogP contribution in [-0.2, 0) is 6.42 Å². The average molecular weight is 274 g/mol. The molecule has 1 aromatic heterocycles. The molecule has 0 amide bonds. The number of nitrogens with zero attached hydrogens (tertiary/aromatic N) is 1. The van der Waals surface area contributed by atoms with Gasteiger partial charge in [0.2, 0.25) is 0 Å². The standard InChI is InChI=1S/C14H14N2O2S/c15-14(19)13-6-5-12(9-16-13)18-11-3-1-10(2-4-11)7-8-17/h1-6,9,17H,7-8H2,(H2,15,19). The first-order chi connectivity index (χ1) is 9.19. The number of hydrogen-bond donors (Lipinski definition) is 2. The minimum Gasteiger partial charge on any atom is -0.456 e. The lowest BCUT2D eigenvalue weighted by molar-refractivity contribution is 0.299. The topological polar surface area (TPSA) is 68.4 Å². The smallest absolute Gasteiger partial charge is 0.145 e. The molecule has 0 unspecified atom stereocenters. The Morgan fingerprint density at radius 1 is 1.16 bits per heavy atom. The Kier molecular flexibility index (Phi) is 4.43. The number of nitrogens with two attached hydrogens (primary N) is 1. The number of thiocarbonyl (C=S) groups is 1. The Labute approximate surface area is 116 Å². The number of aliphatic hydroxyl groups excluding tert-OH is 1. The Hall–Kier alpha value is -1.98. The van der Waals surface area contributed by atoms with Gasteiger partial charge in [-0.15, -0.1) is 0 Å². The maximum absolute atomic E-state index is 8.83. The molecule has 0 bridgehead atoms. The summed E-state index contributed by atoms with van der Waals surface area (Å²) in [6.07, 6.45) is 2.22. The summed E-state index contributed by atoms with van der Waals surface area (Å²) in [4.78, 5) is 4.36. The zero-order chi connectivity index (χ0) is 13.7. The van der Waals surface area contributed by atoms with Crippen molar-refractivity contribution < 1.29 is 9.84 Å². The van der Waals surface area contributed by atoms with Crippen LogP contribution in [0.25, 0.3) is 0 Å². The van der Waals surface area contributed by atoms with Gasteiger partial charge in [0, 0.05) is 6.61 Å². The van der Waals surface area contributed by atoms with Gasteiger partial charge in [0.05, 0.1) is 11.9 Å². The van der Waals surface area contributed by atoms with Crippen molar-refractivity contribution in [1.29, 1.82) is 0 Å². The van der Waals surface area contributed by atoms with Gasteiger partial charge in [-0.3, -0.25) is 0 Å². The minimum absolute atomic E-state index is 0.143. The fourth-order valence-electron chi connectivity index (χ4n) is 1.58. The maximum atomic E-state index is 8.83. The van der Waals surface area contributed by atoms with E-state index in [2.05, 4.69) is 4.98 Å². The minimum atomic E-state index is 0.143. The zero-order valence-corrected chi connectivity index (χ0v) is 11.1. The molecule has 0 aliphatic rings. The van der Waals surface area contributed by atoms with Crippen LogP contribution in [0, 0.1) is 0 Å². The highest BCUT2D eigenvalue weighted by Gasteiger charge is 2.01. The zero-order valence-electron chi connectivity index (χ0n) is 10.2. The molecule has 0 atom stereocenters. The van der Waals surface area contributed by atoms with Gasteiger partial charge in [-0.2, -0.15) is 0 Å². The number of rotatable bonds is 5. The van der Waals surface area contributed by atoms with Gasteiger partial charge in [-0.05, 0) is 36.2 Å². The van der Waals surface area contributed by atoms with Crippen LogP contribution in [0.3, 0.4) is 0 Å². The number of hydrogen-bond acceptors (Lipinski definition) is 4. The molecule has 5 heteroatoms. The molecule has 4 nitrogen and oxygen atoms in total. The van der Waals surface area contributed by atoms with Gasteiger partial charge in [-0.1, -0.05) is 24.4 Å². The maximum Gasteiger partial charge on any atom is 0.145 e. The van der Waals surface area contributed by atoms with E-state index in [-0.39, 0.29) is 11.6 Å². The predicted molar refractivity (Wildman–Crippen MR) is 77.4 cm³/mol. The Balaban J connectivity index is 2.06. The highest BCUT2D eigenvalue weighted by Crippen LogP contribution is 2.21. The molecule has 1 heterocycles. The van der Waals surface area contributed by atoms with Crippen LogP contribution in [0.1, 0.15) is 11.3 Å². The van der Waals surface area contributed by atoms with E-state index in [4.69, 9.17) is 27.8 Å². The highest BCUT2D eigenvalue weighted by atomic mass is 32.1. The molecule has 0 saturated carbocycles. The Morgan fingerprint density at radius 3 is 2.37 bits per heavy atom. The van der Waals surface area contributed by atoms with Gasteiger partial charge >= 0.3 is 0 Å². The van der Waals surface area contributed by atoms with E-state index >= 15 is 0 Å². The summed E-state index contributed by atoms with van der Waals surface area (Å²) in [5, 5.41) is 8.83. The van der Waals surface area contributed by atoms with Crippen molar-refractivity contribution in [2.45, 2.75) is 6.42 Å². The molecule has 0 saturated heterocycles. The molecule has 0 fully saturated rings. The number of benzene rings is 1. The normalized spacial score (nSPS) is 10.2. The second kappa shape index (κ2) is 6.26. The molecule has 1 aromatic carbocycles. The average Bonchev–Trinajstić information content (AvgIpc) is 2.42. The van der Waals surface area contributed by atoms with E-state index in [1.54, 1.807) is 18.3 Å². The third-order valence-electron chi connectivity index (χ3n) is 2.55. The third-order valence-corrected chi connectivity index (χ3v) is 2.76. The Bertz CT molecular complexity index is 553. The van der Waals surface area contributed by atoms with Gasteiger partial charge in [-0.25, -0.2) is 4.98 Å². The summed E-state index contributed by atoms with van der Waals surface area (Å²) in [6.45, 7) is 0.143. The van der Waals surface area contributed by atoms with Crippen molar-refractivity contribution in [2.75, 3.05) is 6.61 Å². The summed E-state index contributed by atoms with van der Waals surface area (Å²) >= 11 is 4.83. The molecule has 3 N–H and O–H groups in total. The summed E-state index contributed by atoms with van der Waals surface area (Å²) in [7, 11) is 0. The van der Waals surface area contributed by atoms with E-state index in [1.165, 1.54) is 0 Å². The van der Waals surface area contributed by atoms with Crippen molar-refractivity contribution >= 4 is 17.2 Å². The largest absolute Gasteiger partial charge is 0.456 e. The predicted octanol–water partition coefficient (Wildman–Crippen LogP) is 2.04. The van der Waals surface area contributed by atoms with Crippen molar-refractivity contribution in [3.63, 3.8) is 0 Å². The number of aliphatic hydroxyl groups is 1. The summed E-state index contributed by atoms with van der Waals surface area (Å²) < 4.78 is 5.64. The van der Waals surface area contributed by atoms with Crippen LogP contribution in [0.5, 0.6) is 11.5 Å². The molecule has 98 valence electrons. The molecule has 19 heavy (non-hydrogen) atoms. The second-order valence-corrected chi connectivity index (χ2v) is 4.40. The van der Waals surface area contributed by atoms with Gasteiger partial charge in [0.25, 0.3) is 0 Å². The lowest BCUT2D eigenvalue weighted by Gasteiger charge is -2.06. The first-order valence-electron chi connectivity index (χ1n) is 5.82. The molecule has 2 rings (SSSR count). The lowest BCUT2D eigenvalue weighted by Crippen LogP contribution is -2.10. The monoisotopic (exact) mass is 274 g/mol. The van der Waals surface area contributed by atoms with Crippen LogP contribution in [-0.4, -0.2) is 21.7 Å². The van der Waals surface area contributed by atoms with Crippen molar-refractivity contribution in [2.24, 2.45) is 5.73 Å². The van der Waals surface area contributed by atoms with E-state index < -0.39 is 0 Å². The lowest BCUT2D eigenvalue weighted by atomic mass is 10.1. The molecule has 0 spiro atoms. The SMILES string of the molecule is NC(=S)c1ccc(Oc2ccc(CCO)cc2)cn1. The van der Waals surface area contributed by atoms with Crippen LogP contribution in [0.2, 0.25) is 0 Å². The second-order valence-electron chi connectivity index (χ2n) is 3.96. The molecule has 0 aliphatic carbocycles. The van der Waals surface area contributed by atoms with E-state index in [0.29, 0.717) is 23.6 Å². The number of pyridine rings is 1. The van der Waals surface area contributed by atoms with Gasteiger partial charge < -0.3 is 15.6 Å². The quantitative estimate of drug-likeness (QED) is 0.817. The van der Waals surface area contributed by atoms with Crippen molar-refractivity contribution in [3.8, 4) is 11.5 Å². The highest BCUT2D eigenvalue weighted by molar-refractivity contribution is 7.80. The molecular weight excluding hydrogens is 260 g/mol. The van der Waals surface area contributed by atoms with Gasteiger partial charge in [0.1, 0.15) is 16.5 Å².